The molecule has 0 amide bonds. The zero-order valence-electron chi connectivity index (χ0n) is 18.1. The van der Waals surface area contributed by atoms with Crippen LogP contribution >= 0.6 is 7.82 Å². The molecule has 0 bridgehead atoms. The molecule has 0 aliphatic carbocycles. The normalized spacial score (nSPS) is 16.1. The van der Waals surface area contributed by atoms with Crippen molar-refractivity contribution in [2.75, 3.05) is 13.3 Å². The Labute approximate surface area is 190 Å². The molecular weight excluding hydrogens is 447 g/mol. The number of ether oxygens (including phenoxy) is 1. The molecular formula is C21H19N6O5P. The lowest BCUT2D eigenvalue weighted by molar-refractivity contribution is 0.0954. The van der Waals surface area contributed by atoms with Crippen LogP contribution in [0.15, 0.2) is 57.9 Å². The molecule has 1 heterocycles. The molecule has 0 radical (unpaired) electrons. The van der Waals surface area contributed by atoms with Crippen molar-refractivity contribution in [3.63, 3.8) is 0 Å². The summed E-state index contributed by atoms with van der Waals surface area (Å²) in [7, 11) is -3.97. The summed E-state index contributed by atoms with van der Waals surface area (Å²) in [5, 5.41) is 31.0. The van der Waals surface area contributed by atoms with E-state index < -0.39 is 20.2 Å². The number of nitrogens with zero attached hydrogens (tertiary/aromatic N) is 6. The lowest BCUT2D eigenvalue weighted by Crippen LogP contribution is -2.20. The first-order chi connectivity index (χ1) is 15.7. The van der Waals surface area contributed by atoms with Gasteiger partial charge in [0, 0.05) is 10.5 Å². The largest absolute Gasteiger partial charge is 0.530 e. The number of allylic oxidation sites excluding steroid dienone is 2. The van der Waals surface area contributed by atoms with Gasteiger partial charge in [-0.05, 0) is 44.0 Å². The van der Waals surface area contributed by atoms with E-state index in [2.05, 4.69) is 10.0 Å². The van der Waals surface area contributed by atoms with E-state index in [4.69, 9.17) is 34.4 Å². The van der Waals surface area contributed by atoms with Gasteiger partial charge in [-0.3, -0.25) is 9.05 Å². The summed E-state index contributed by atoms with van der Waals surface area (Å²) in [4.78, 5) is 2.51. The van der Waals surface area contributed by atoms with Gasteiger partial charge < -0.3 is 9.26 Å². The van der Waals surface area contributed by atoms with Gasteiger partial charge in [0.05, 0.1) is 6.61 Å². The van der Waals surface area contributed by atoms with E-state index in [9.17, 15) is 9.83 Å². The third-order valence-corrected chi connectivity index (χ3v) is 5.67. The standard InChI is InChI=1S/C21H19N6O5P/c1-4-29-33(28,30-14-26-27-25)32-17-8-5-15(6-9-17)7-10-19-18(13-24)20(16(11-22)12-23)31-21(19,2)3/h5-10H,4,14H2,1-3H3/b10-7+. The molecule has 11 nitrogen and oxygen atoms in total. The van der Waals surface area contributed by atoms with Crippen molar-refractivity contribution in [2.24, 2.45) is 5.11 Å². The second-order valence-electron chi connectivity index (χ2n) is 6.79. The fourth-order valence-electron chi connectivity index (χ4n) is 2.80. The Balaban J connectivity index is 2.28. The smallest absolute Gasteiger partial charge is 0.480 e. The first-order valence-electron chi connectivity index (χ1n) is 9.50. The van der Waals surface area contributed by atoms with Crippen LogP contribution in [0.5, 0.6) is 5.75 Å². The molecule has 0 aromatic heterocycles. The predicted octanol–water partition coefficient (Wildman–Crippen LogP) is 5.44. The topological polar surface area (TPSA) is 174 Å². The molecule has 1 aromatic rings. The van der Waals surface area contributed by atoms with Crippen LogP contribution in [-0.2, 0) is 18.3 Å². The van der Waals surface area contributed by atoms with E-state index in [-0.39, 0.29) is 29.3 Å². The van der Waals surface area contributed by atoms with Crippen molar-refractivity contribution in [2.45, 2.75) is 26.4 Å². The third-order valence-electron chi connectivity index (χ3n) is 4.23. The van der Waals surface area contributed by atoms with Gasteiger partial charge in [-0.1, -0.05) is 29.4 Å². The summed E-state index contributed by atoms with van der Waals surface area (Å²) < 4.78 is 33.5. The molecule has 0 saturated heterocycles. The van der Waals surface area contributed by atoms with Crippen LogP contribution in [0.1, 0.15) is 26.3 Å². The average Bonchev–Trinajstić information content (AvgIpc) is 3.04. The first kappa shape index (κ1) is 25.2. The van der Waals surface area contributed by atoms with Crippen LogP contribution < -0.4 is 4.52 Å². The summed E-state index contributed by atoms with van der Waals surface area (Å²) >= 11 is 0. The van der Waals surface area contributed by atoms with E-state index in [0.29, 0.717) is 11.1 Å². The van der Waals surface area contributed by atoms with Crippen LogP contribution in [0.2, 0.25) is 0 Å². The van der Waals surface area contributed by atoms with Gasteiger partial charge in [0.2, 0.25) is 0 Å². The van der Waals surface area contributed by atoms with Gasteiger partial charge in [0.15, 0.2) is 11.3 Å². The van der Waals surface area contributed by atoms with E-state index in [0.717, 1.165) is 0 Å². The van der Waals surface area contributed by atoms with Crippen LogP contribution in [0.3, 0.4) is 0 Å². The van der Waals surface area contributed by atoms with Crippen LogP contribution in [0.25, 0.3) is 16.5 Å². The molecule has 2 rings (SSSR count). The molecule has 0 saturated carbocycles. The van der Waals surface area contributed by atoms with E-state index >= 15 is 0 Å². The minimum Gasteiger partial charge on any atom is -0.480 e. The molecule has 1 aliphatic heterocycles. The molecule has 12 heteroatoms. The number of phosphoric acid groups is 1. The highest BCUT2D eigenvalue weighted by atomic mass is 31.2. The molecule has 1 aromatic carbocycles. The van der Waals surface area contributed by atoms with Gasteiger partial charge in [0.25, 0.3) is 0 Å². The number of nitriles is 3. The van der Waals surface area contributed by atoms with E-state index in [1.54, 1.807) is 57.2 Å². The van der Waals surface area contributed by atoms with Crippen molar-refractivity contribution in [3.05, 3.63) is 68.8 Å². The average molecular weight is 466 g/mol. The highest BCUT2D eigenvalue weighted by Gasteiger charge is 2.38. The van der Waals surface area contributed by atoms with Gasteiger partial charge in [0.1, 0.15) is 41.9 Å². The van der Waals surface area contributed by atoms with Crippen molar-refractivity contribution in [3.8, 4) is 24.0 Å². The Hall–Kier alpha value is -4.03. The van der Waals surface area contributed by atoms with Crippen molar-refractivity contribution < 1.29 is 22.9 Å². The molecule has 0 N–H and O–H groups in total. The molecule has 33 heavy (non-hydrogen) atoms. The Morgan fingerprint density at radius 1 is 1.21 bits per heavy atom. The highest BCUT2D eigenvalue weighted by Crippen LogP contribution is 2.49. The molecule has 1 atom stereocenters. The maximum Gasteiger partial charge on any atom is 0.530 e. The molecule has 0 fully saturated rings. The predicted molar refractivity (Wildman–Crippen MR) is 116 cm³/mol. The zero-order valence-corrected chi connectivity index (χ0v) is 18.9. The van der Waals surface area contributed by atoms with Crippen LogP contribution in [-0.4, -0.2) is 18.9 Å². The summed E-state index contributed by atoms with van der Waals surface area (Å²) in [5.74, 6) is 0.160. The zero-order chi connectivity index (χ0) is 24.5. The maximum atomic E-state index is 12.6. The fourth-order valence-corrected chi connectivity index (χ4v) is 3.87. The number of phosphoric ester groups is 1. The number of azide groups is 1. The summed E-state index contributed by atoms with van der Waals surface area (Å²) in [6.07, 6.45) is 3.38. The first-order valence-corrected chi connectivity index (χ1v) is 11.0. The number of rotatable bonds is 9. The lowest BCUT2D eigenvalue weighted by Gasteiger charge is -2.20. The molecule has 1 aliphatic rings. The Bertz CT molecular complexity index is 1210. The quantitative estimate of drug-likeness (QED) is 0.152. The number of benzene rings is 1. The SMILES string of the molecule is CCOP(=O)(OCN=[N+]=[N-])Oc1ccc(/C=C/C2=C(C#N)C(=C(C#N)C#N)OC2(C)C)cc1. The summed E-state index contributed by atoms with van der Waals surface area (Å²) in [6.45, 7) is 4.59. The highest BCUT2D eigenvalue weighted by molar-refractivity contribution is 7.48. The van der Waals surface area contributed by atoms with Crippen LogP contribution in [0, 0.1) is 34.0 Å². The molecule has 168 valence electrons. The van der Waals surface area contributed by atoms with Gasteiger partial charge in [-0.15, -0.1) is 0 Å². The fraction of sp³-hybridized carbons (Fsp3) is 0.286. The minimum absolute atomic E-state index is 0.0386. The van der Waals surface area contributed by atoms with E-state index in [1.165, 1.54) is 12.1 Å². The lowest BCUT2D eigenvalue weighted by atomic mass is 9.94. The molecule has 0 spiro atoms. The van der Waals surface area contributed by atoms with Gasteiger partial charge in [-0.2, -0.15) is 15.8 Å². The van der Waals surface area contributed by atoms with Crippen molar-refractivity contribution in [1.29, 1.82) is 15.8 Å². The Kier molecular flexibility index (Phi) is 8.42. The van der Waals surface area contributed by atoms with Gasteiger partial charge in [-0.25, -0.2) is 4.57 Å². The third kappa shape index (κ3) is 6.24. The second kappa shape index (κ2) is 11.0. The Morgan fingerprint density at radius 3 is 2.42 bits per heavy atom. The maximum absolute atomic E-state index is 12.6. The van der Waals surface area contributed by atoms with Crippen molar-refractivity contribution >= 4 is 13.9 Å². The summed E-state index contributed by atoms with van der Waals surface area (Å²) in [6, 6.07) is 11.9. The van der Waals surface area contributed by atoms with Gasteiger partial charge >= 0.3 is 7.82 Å². The van der Waals surface area contributed by atoms with Crippen LogP contribution in [0.4, 0.5) is 0 Å². The Morgan fingerprint density at radius 2 is 1.88 bits per heavy atom. The molecule has 1 unspecified atom stereocenters. The number of hydrogen-bond donors (Lipinski definition) is 0. The second-order valence-corrected chi connectivity index (χ2v) is 8.38. The minimum atomic E-state index is -3.97. The van der Waals surface area contributed by atoms with Crippen molar-refractivity contribution in [1.82, 2.24) is 0 Å². The monoisotopic (exact) mass is 466 g/mol. The summed E-state index contributed by atoms with van der Waals surface area (Å²) in [5.41, 5.74) is 8.45. The van der Waals surface area contributed by atoms with E-state index in [1.807, 2.05) is 6.07 Å². The number of hydrogen-bond acceptors (Lipinski definition) is 9.